The normalized spacial score (nSPS) is 15.9. The highest BCUT2D eigenvalue weighted by Gasteiger charge is 2.25. The minimum absolute atomic E-state index is 0.0511. The molecule has 0 saturated heterocycles. The molecule has 114 valence electrons. The molecule has 2 aromatic rings. The Labute approximate surface area is 126 Å². The van der Waals surface area contributed by atoms with E-state index < -0.39 is 0 Å². The highest BCUT2D eigenvalue weighted by Crippen LogP contribution is 2.26. The maximum absolute atomic E-state index is 4.65. The van der Waals surface area contributed by atoms with Crippen LogP contribution in [0.3, 0.4) is 0 Å². The summed E-state index contributed by atoms with van der Waals surface area (Å²) >= 11 is 0. The van der Waals surface area contributed by atoms with Crippen molar-refractivity contribution in [2.75, 3.05) is 25.5 Å². The average molecular weight is 287 g/mol. The molecule has 1 fully saturated rings. The fraction of sp³-hybridized carbons (Fsp3) is 0.625. The van der Waals surface area contributed by atoms with Gasteiger partial charge < -0.3 is 10.2 Å². The standard InChI is InChI=1S/C16H25N5/c1-16(2,3)14-11-13-15(18-8-10-21(13)19-14)17-7-9-20(4)12-5-6-12/h8,10-12H,5-7,9H2,1-4H3,(H,17,18). The highest BCUT2D eigenvalue weighted by molar-refractivity contribution is 5.68. The minimum Gasteiger partial charge on any atom is -0.367 e. The van der Waals surface area contributed by atoms with Crippen LogP contribution in [0.25, 0.3) is 5.52 Å². The van der Waals surface area contributed by atoms with Gasteiger partial charge in [-0.15, -0.1) is 0 Å². The Bertz CT molecular complexity index is 621. The summed E-state index contributed by atoms with van der Waals surface area (Å²) in [7, 11) is 2.20. The molecule has 0 radical (unpaired) electrons. The van der Waals surface area contributed by atoms with Gasteiger partial charge in [0.1, 0.15) is 5.52 Å². The van der Waals surface area contributed by atoms with Crippen molar-refractivity contribution < 1.29 is 0 Å². The number of aromatic nitrogens is 3. The smallest absolute Gasteiger partial charge is 0.152 e. The first-order chi connectivity index (χ1) is 9.95. The number of nitrogens with zero attached hydrogens (tertiary/aromatic N) is 4. The lowest BCUT2D eigenvalue weighted by Crippen LogP contribution is -2.27. The molecule has 0 amide bonds. The van der Waals surface area contributed by atoms with Crippen LogP contribution >= 0.6 is 0 Å². The Balaban J connectivity index is 1.73. The minimum atomic E-state index is 0.0511. The van der Waals surface area contributed by atoms with E-state index in [0.29, 0.717) is 0 Å². The molecule has 2 aromatic heterocycles. The van der Waals surface area contributed by atoms with Crippen molar-refractivity contribution in [1.29, 1.82) is 0 Å². The van der Waals surface area contributed by atoms with Crippen molar-refractivity contribution in [1.82, 2.24) is 19.5 Å². The number of rotatable bonds is 5. The summed E-state index contributed by atoms with van der Waals surface area (Å²) < 4.78 is 1.92. The van der Waals surface area contributed by atoms with Crippen LogP contribution in [0.4, 0.5) is 5.82 Å². The van der Waals surface area contributed by atoms with Gasteiger partial charge in [0, 0.05) is 36.9 Å². The van der Waals surface area contributed by atoms with E-state index in [1.54, 1.807) is 6.20 Å². The Morgan fingerprint density at radius 1 is 1.38 bits per heavy atom. The second-order valence-electron chi connectivity index (χ2n) is 7.02. The SMILES string of the molecule is CN(CCNc1nccn2nc(C(C)(C)C)cc12)C1CC1. The largest absolute Gasteiger partial charge is 0.367 e. The quantitative estimate of drug-likeness (QED) is 0.918. The highest BCUT2D eigenvalue weighted by atomic mass is 15.2. The van der Waals surface area contributed by atoms with Crippen LogP contribution in [0.15, 0.2) is 18.5 Å². The fourth-order valence-corrected chi connectivity index (χ4v) is 2.47. The molecular formula is C16H25N5. The van der Waals surface area contributed by atoms with Crippen LogP contribution in [-0.2, 0) is 5.41 Å². The van der Waals surface area contributed by atoms with Crippen molar-refractivity contribution in [3.05, 3.63) is 24.2 Å². The number of hydrogen-bond donors (Lipinski definition) is 1. The third-order valence-corrected chi connectivity index (χ3v) is 4.09. The lowest BCUT2D eigenvalue weighted by molar-refractivity contribution is 0.337. The summed E-state index contributed by atoms with van der Waals surface area (Å²) in [5.41, 5.74) is 2.19. The predicted octanol–water partition coefficient (Wildman–Crippen LogP) is 2.53. The summed E-state index contributed by atoms with van der Waals surface area (Å²) in [5, 5.41) is 8.10. The molecule has 1 saturated carbocycles. The van der Waals surface area contributed by atoms with Crippen LogP contribution in [0.1, 0.15) is 39.3 Å². The first-order valence-electron chi connectivity index (χ1n) is 7.74. The Hall–Kier alpha value is -1.62. The zero-order valence-corrected chi connectivity index (χ0v) is 13.4. The molecule has 0 aromatic carbocycles. The number of likely N-dealkylation sites (N-methyl/N-ethyl adjacent to an activating group) is 1. The van der Waals surface area contributed by atoms with Crippen LogP contribution in [0, 0.1) is 0 Å². The zero-order valence-electron chi connectivity index (χ0n) is 13.4. The van der Waals surface area contributed by atoms with Crippen molar-refractivity contribution >= 4 is 11.3 Å². The molecule has 5 nitrogen and oxygen atoms in total. The van der Waals surface area contributed by atoms with Crippen molar-refractivity contribution in [2.45, 2.75) is 45.1 Å². The Morgan fingerprint density at radius 2 is 2.14 bits per heavy atom. The molecule has 0 bridgehead atoms. The zero-order chi connectivity index (χ0) is 15.0. The predicted molar refractivity (Wildman–Crippen MR) is 85.8 cm³/mol. The van der Waals surface area contributed by atoms with Gasteiger partial charge in [0.05, 0.1) is 5.69 Å². The molecule has 0 atom stereocenters. The summed E-state index contributed by atoms with van der Waals surface area (Å²) in [6, 6.07) is 2.94. The molecule has 2 heterocycles. The number of fused-ring (bicyclic) bond motifs is 1. The van der Waals surface area contributed by atoms with E-state index in [1.807, 2.05) is 10.7 Å². The lowest BCUT2D eigenvalue weighted by Gasteiger charge is -2.16. The van der Waals surface area contributed by atoms with Gasteiger partial charge in [0.15, 0.2) is 5.82 Å². The third kappa shape index (κ3) is 3.18. The van der Waals surface area contributed by atoms with Crippen LogP contribution in [0.2, 0.25) is 0 Å². The van der Waals surface area contributed by atoms with Gasteiger partial charge in [0.2, 0.25) is 0 Å². The molecule has 1 aliphatic rings. The van der Waals surface area contributed by atoms with E-state index in [0.717, 1.165) is 36.2 Å². The van der Waals surface area contributed by atoms with Gasteiger partial charge in [-0.25, -0.2) is 9.50 Å². The molecule has 0 spiro atoms. The molecular weight excluding hydrogens is 262 g/mol. The van der Waals surface area contributed by atoms with E-state index in [4.69, 9.17) is 0 Å². The van der Waals surface area contributed by atoms with E-state index in [9.17, 15) is 0 Å². The van der Waals surface area contributed by atoms with Gasteiger partial charge in [-0.1, -0.05) is 20.8 Å². The van der Waals surface area contributed by atoms with Gasteiger partial charge in [-0.2, -0.15) is 5.10 Å². The Morgan fingerprint density at radius 3 is 2.81 bits per heavy atom. The Kier molecular flexibility index (Phi) is 3.61. The van der Waals surface area contributed by atoms with Gasteiger partial charge in [0.25, 0.3) is 0 Å². The van der Waals surface area contributed by atoms with Crippen LogP contribution in [0.5, 0.6) is 0 Å². The topological polar surface area (TPSA) is 45.5 Å². The molecule has 21 heavy (non-hydrogen) atoms. The van der Waals surface area contributed by atoms with Crippen molar-refractivity contribution in [3.63, 3.8) is 0 Å². The lowest BCUT2D eigenvalue weighted by atomic mass is 9.92. The number of anilines is 1. The van der Waals surface area contributed by atoms with Gasteiger partial charge >= 0.3 is 0 Å². The van der Waals surface area contributed by atoms with E-state index in [-0.39, 0.29) is 5.41 Å². The molecule has 1 aliphatic carbocycles. The molecule has 3 rings (SSSR count). The first kappa shape index (κ1) is 14.3. The van der Waals surface area contributed by atoms with E-state index >= 15 is 0 Å². The average Bonchev–Trinajstić information content (AvgIpc) is 3.16. The fourth-order valence-electron chi connectivity index (χ4n) is 2.47. The van der Waals surface area contributed by atoms with Crippen molar-refractivity contribution in [2.24, 2.45) is 0 Å². The second-order valence-corrected chi connectivity index (χ2v) is 7.02. The van der Waals surface area contributed by atoms with Crippen molar-refractivity contribution in [3.8, 4) is 0 Å². The summed E-state index contributed by atoms with van der Waals surface area (Å²) in [6.45, 7) is 8.50. The summed E-state index contributed by atoms with van der Waals surface area (Å²) in [5.74, 6) is 0.921. The number of hydrogen-bond acceptors (Lipinski definition) is 4. The van der Waals surface area contributed by atoms with Gasteiger partial charge in [-0.3, -0.25) is 0 Å². The number of nitrogens with one attached hydrogen (secondary N) is 1. The molecule has 1 N–H and O–H groups in total. The maximum atomic E-state index is 4.65. The van der Waals surface area contributed by atoms with Gasteiger partial charge in [-0.05, 0) is 26.0 Å². The van der Waals surface area contributed by atoms with E-state index in [1.165, 1.54) is 12.8 Å². The molecule has 5 heteroatoms. The van der Waals surface area contributed by atoms with E-state index in [2.05, 4.69) is 54.2 Å². The molecule has 0 unspecified atom stereocenters. The summed E-state index contributed by atoms with van der Waals surface area (Å²) in [4.78, 5) is 6.89. The van der Waals surface area contributed by atoms with Crippen LogP contribution < -0.4 is 5.32 Å². The molecule has 0 aliphatic heterocycles. The second kappa shape index (κ2) is 5.30. The third-order valence-electron chi connectivity index (χ3n) is 4.09. The summed E-state index contributed by atoms with van der Waals surface area (Å²) in [6.07, 6.45) is 6.41. The monoisotopic (exact) mass is 287 g/mol. The first-order valence-corrected chi connectivity index (χ1v) is 7.74. The van der Waals surface area contributed by atoms with Crippen LogP contribution in [-0.4, -0.2) is 45.7 Å². The maximum Gasteiger partial charge on any atom is 0.152 e.